The van der Waals surface area contributed by atoms with Gasteiger partial charge in [-0.05, 0) is 43.0 Å². The summed E-state index contributed by atoms with van der Waals surface area (Å²) in [7, 11) is 1.59. The van der Waals surface area contributed by atoms with E-state index in [0.717, 1.165) is 12.8 Å². The van der Waals surface area contributed by atoms with Gasteiger partial charge in [0.05, 0.1) is 7.11 Å². The minimum Gasteiger partial charge on any atom is -0.497 e. The lowest BCUT2D eigenvalue weighted by Gasteiger charge is -2.32. The van der Waals surface area contributed by atoms with Crippen LogP contribution in [-0.4, -0.2) is 55.0 Å². The molecule has 7 heteroatoms. The highest BCUT2D eigenvalue weighted by Gasteiger charge is 2.23. The first kappa shape index (κ1) is 19.7. The lowest BCUT2D eigenvalue weighted by Crippen LogP contribution is -2.42. The SMILES string of the molecule is COc1cccc(OCC(=O)NCC2CCN(C(=O)c3ccncc3)CC2)c1. The Hall–Kier alpha value is -3.09. The van der Waals surface area contributed by atoms with Gasteiger partial charge >= 0.3 is 0 Å². The van der Waals surface area contributed by atoms with E-state index in [9.17, 15) is 9.59 Å². The van der Waals surface area contributed by atoms with Crippen molar-refractivity contribution in [2.24, 2.45) is 5.92 Å². The van der Waals surface area contributed by atoms with Crippen LogP contribution in [0, 0.1) is 5.92 Å². The highest BCUT2D eigenvalue weighted by atomic mass is 16.5. The third kappa shape index (κ3) is 5.45. The van der Waals surface area contributed by atoms with Crippen LogP contribution in [0.1, 0.15) is 23.2 Å². The Balaban J connectivity index is 1.37. The highest BCUT2D eigenvalue weighted by Crippen LogP contribution is 2.19. The van der Waals surface area contributed by atoms with Crippen molar-refractivity contribution in [3.8, 4) is 11.5 Å². The molecule has 2 heterocycles. The number of carbonyl (C=O) groups excluding carboxylic acids is 2. The zero-order chi connectivity index (χ0) is 19.8. The number of piperidine rings is 1. The summed E-state index contributed by atoms with van der Waals surface area (Å²) in [4.78, 5) is 30.3. The second kappa shape index (κ2) is 9.73. The van der Waals surface area contributed by atoms with Gasteiger partial charge in [0.15, 0.2) is 6.61 Å². The number of hydrogen-bond acceptors (Lipinski definition) is 5. The fourth-order valence-corrected chi connectivity index (χ4v) is 3.17. The number of aromatic nitrogens is 1. The molecule has 1 aliphatic rings. The summed E-state index contributed by atoms with van der Waals surface area (Å²) < 4.78 is 10.6. The number of pyridine rings is 1. The van der Waals surface area contributed by atoms with E-state index < -0.39 is 0 Å². The molecule has 0 spiro atoms. The molecule has 2 amide bonds. The van der Waals surface area contributed by atoms with E-state index >= 15 is 0 Å². The van der Waals surface area contributed by atoms with Gasteiger partial charge in [0.25, 0.3) is 11.8 Å². The number of nitrogens with zero attached hydrogens (tertiary/aromatic N) is 2. The topological polar surface area (TPSA) is 80.8 Å². The number of carbonyl (C=O) groups is 2. The van der Waals surface area contributed by atoms with E-state index in [0.29, 0.717) is 42.6 Å². The van der Waals surface area contributed by atoms with Crippen molar-refractivity contribution in [3.05, 3.63) is 54.4 Å². The number of methoxy groups -OCH3 is 1. The van der Waals surface area contributed by atoms with Crippen molar-refractivity contribution < 1.29 is 19.1 Å². The van der Waals surface area contributed by atoms with Crippen LogP contribution in [0.2, 0.25) is 0 Å². The Bertz CT molecular complexity index is 789. The average molecular weight is 383 g/mol. The Morgan fingerprint density at radius 2 is 1.86 bits per heavy atom. The van der Waals surface area contributed by atoms with Crippen molar-refractivity contribution in [1.29, 1.82) is 0 Å². The third-order valence-electron chi connectivity index (χ3n) is 4.83. The van der Waals surface area contributed by atoms with Crippen LogP contribution in [0.25, 0.3) is 0 Å². The molecular formula is C21H25N3O4. The number of nitrogens with one attached hydrogen (secondary N) is 1. The Morgan fingerprint density at radius 1 is 1.14 bits per heavy atom. The predicted molar refractivity (Wildman–Crippen MR) is 104 cm³/mol. The first-order valence-electron chi connectivity index (χ1n) is 9.38. The minimum absolute atomic E-state index is 0.0352. The molecule has 1 saturated heterocycles. The summed E-state index contributed by atoms with van der Waals surface area (Å²) in [6, 6.07) is 10.6. The van der Waals surface area contributed by atoms with Gasteiger partial charge < -0.3 is 19.7 Å². The highest BCUT2D eigenvalue weighted by molar-refractivity contribution is 5.94. The van der Waals surface area contributed by atoms with Gasteiger partial charge in [-0.2, -0.15) is 0 Å². The van der Waals surface area contributed by atoms with E-state index in [1.165, 1.54) is 0 Å². The second-order valence-corrected chi connectivity index (χ2v) is 6.74. The van der Waals surface area contributed by atoms with Crippen molar-refractivity contribution in [2.45, 2.75) is 12.8 Å². The molecular weight excluding hydrogens is 358 g/mol. The molecule has 2 aromatic rings. The maximum absolute atomic E-state index is 12.4. The van der Waals surface area contributed by atoms with Crippen LogP contribution < -0.4 is 14.8 Å². The molecule has 7 nitrogen and oxygen atoms in total. The van der Waals surface area contributed by atoms with Crippen LogP contribution >= 0.6 is 0 Å². The van der Waals surface area contributed by atoms with Gasteiger partial charge in [-0.15, -0.1) is 0 Å². The number of ether oxygens (including phenoxy) is 2. The summed E-state index contributed by atoms with van der Waals surface area (Å²) in [5.41, 5.74) is 0.663. The molecule has 148 valence electrons. The summed E-state index contributed by atoms with van der Waals surface area (Å²) in [6.07, 6.45) is 4.99. The Morgan fingerprint density at radius 3 is 2.57 bits per heavy atom. The lowest BCUT2D eigenvalue weighted by atomic mass is 9.96. The average Bonchev–Trinajstić information content (AvgIpc) is 2.77. The first-order chi connectivity index (χ1) is 13.7. The quantitative estimate of drug-likeness (QED) is 0.792. The molecule has 3 rings (SSSR count). The zero-order valence-corrected chi connectivity index (χ0v) is 16.0. The number of likely N-dealkylation sites (tertiary alicyclic amines) is 1. The van der Waals surface area contributed by atoms with Crippen molar-refractivity contribution in [1.82, 2.24) is 15.2 Å². The Kier molecular flexibility index (Phi) is 6.84. The third-order valence-corrected chi connectivity index (χ3v) is 4.83. The molecule has 0 bridgehead atoms. The number of rotatable bonds is 7. The van der Waals surface area contributed by atoms with Gasteiger partial charge in [0.2, 0.25) is 0 Å². The summed E-state index contributed by atoms with van der Waals surface area (Å²) >= 11 is 0. The maximum atomic E-state index is 12.4. The summed E-state index contributed by atoms with van der Waals surface area (Å²) in [5.74, 6) is 1.53. The van der Waals surface area contributed by atoms with Gasteiger partial charge in [-0.1, -0.05) is 6.07 Å². The predicted octanol–water partition coefficient (Wildman–Crippen LogP) is 2.14. The van der Waals surface area contributed by atoms with E-state index in [-0.39, 0.29) is 18.4 Å². The zero-order valence-electron chi connectivity index (χ0n) is 16.0. The lowest BCUT2D eigenvalue weighted by molar-refractivity contribution is -0.123. The molecule has 1 fully saturated rings. The molecule has 1 N–H and O–H groups in total. The standard InChI is InChI=1S/C21H25N3O4/c1-27-18-3-2-4-19(13-18)28-15-20(25)23-14-16-7-11-24(12-8-16)21(26)17-5-9-22-10-6-17/h2-6,9-10,13,16H,7-8,11-12,14-15H2,1H3,(H,23,25). The first-order valence-corrected chi connectivity index (χ1v) is 9.38. The molecule has 1 aromatic carbocycles. The fourth-order valence-electron chi connectivity index (χ4n) is 3.17. The number of amides is 2. The van der Waals surface area contributed by atoms with Gasteiger partial charge in [-0.25, -0.2) is 0 Å². The monoisotopic (exact) mass is 383 g/mol. The van der Waals surface area contributed by atoms with Crippen molar-refractivity contribution in [3.63, 3.8) is 0 Å². The summed E-state index contributed by atoms with van der Waals surface area (Å²) in [5, 5.41) is 2.92. The molecule has 1 aromatic heterocycles. The van der Waals surface area contributed by atoms with E-state index in [1.54, 1.807) is 43.8 Å². The van der Waals surface area contributed by atoms with Gasteiger partial charge in [0, 0.05) is 43.7 Å². The molecule has 0 aliphatic carbocycles. The van der Waals surface area contributed by atoms with Crippen molar-refractivity contribution >= 4 is 11.8 Å². The van der Waals surface area contributed by atoms with Crippen LogP contribution in [0.15, 0.2) is 48.8 Å². The normalized spacial score (nSPS) is 14.4. The minimum atomic E-state index is -0.155. The van der Waals surface area contributed by atoms with Gasteiger partial charge in [-0.3, -0.25) is 14.6 Å². The fraction of sp³-hybridized carbons (Fsp3) is 0.381. The second-order valence-electron chi connectivity index (χ2n) is 6.74. The van der Waals surface area contributed by atoms with Crippen LogP contribution in [0.5, 0.6) is 11.5 Å². The van der Waals surface area contributed by atoms with Crippen molar-refractivity contribution in [2.75, 3.05) is 33.4 Å². The largest absolute Gasteiger partial charge is 0.497 e. The Labute approximate surface area is 164 Å². The molecule has 0 unspecified atom stereocenters. The van der Waals surface area contributed by atoms with Crippen LogP contribution in [0.3, 0.4) is 0 Å². The molecule has 0 atom stereocenters. The van der Waals surface area contributed by atoms with E-state index in [1.807, 2.05) is 17.0 Å². The molecule has 1 aliphatic heterocycles. The molecule has 28 heavy (non-hydrogen) atoms. The van der Waals surface area contributed by atoms with Gasteiger partial charge in [0.1, 0.15) is 11.5 Å². The smallest absolute Gasteiger partial charge is 0.257 e. The molecule has 0 radical (unpaired) electrons. The number of benzene rings is 1. The molecule has 0 saturated carbocycles. The van der Waals surface area contributed by atoms with Crippen LogP contribution in [0.4, 0.5) is 0 Å². The maximum Gasteiger partial charge on any atom is 0.257 e. The summed E-state index contributed by atoms with van der Waals surface area (Å²) in [6.45, 7) is 1.95. The van der Waals surface area contributed by atoms with Crippen LogP contribution in [-0.2, 0) is 4.79 Å². The van der Waals surface area contributed by atoms with E-state index in [4.69, 9.17) is 9.47 Å². The number of hydrogen-bond donors (Lipinski definition) is 1. The van der Waals surface area contributed by atoms with E-state index in [2.05, 4.69) is 10.3 Å².